The van der Waals surface area contributed by atoms with Gasteiger partial charge in [0.1, 0.15) is 52.8 Å². The fraction of sp³-hybridized carbons (Fsp3) is 0.133. The standard InChI is InChI=1S/C30H16F10O2/c1-2-7-41-18-6-5-16(20(31)12-18)4-3-15-8-21(32)27(22(33)9-15)17-10-23(34)28(24(35)11-17)30(39,40)42-19-13-25(36)29(38)26(37)14-19/h2,6,8-14,16H,1,5,7H2. The van der Waals surface area contributed by atoms with Gasteiger partial charge in [0.15, 0.2) is 17.5 Å². The Morgan fingerprint density at radius 2 is 1.43 bits per heavy atom. The molecular weight excluding hydrogens is 582 g/mol. The van der Waals surface area contributed by atoms with E-state index >= 15 is 0 Å². The molecule has 0 heterocycles. The molecule has 0 bridgehead atoms. The van der Waals surface area contributed by atoms with E-state index in [1.807, 2.05) is 0 Å². The predicted molar refractivity (Wildman–Crippen MR) is 131 cm³/mol. The van der Waals surface area contributed by atoms with Crippen molar-refractivity contribution in [2.24, 2.45) is 5.92 Å². The van der Waals surface area contributed by atoms with E-state index in [4.69, 9.17) is 4.74 Å². The minimum atomic E-state index is -4.89. The maximum atomic E-state index is 14.9. The first-order chi connectivity index (χ1) is 19.8. The topological polar surface area (TPSA) is 18.5 Å². The zero-order valence-electron chi connectivity index (χ0n) is 21.0. The summed E-state index contributed by atoms with van der Waals surface area (Å²) in [6.45, 7) is 3.63. The fourth-order valence-corrected chi connectivity index (χ4v) is 3.90. The van der Waals surface area contributed by atoms with Crippen molar-refractivity contribution in [2.45, 2.75) is 12.5 Å². The quantitative estimate of drug-likeness (QED) is 0.117. The molecule has 3 aromatic rings. The summed E-state index contributed by atoms with van der Waals surface area (Å²) in [6, 6.07) is 1.82. The number of hydrogen-bond acceptors (Lipinski definition) is 2. The number of alkyl halides is 2. The van der Waals surface area contributed by atoms with E-state index in [0.29, 0.717) is 12.1 Å². The summed E-state index contributed by atoms with van der Waals surface area (Å²) in [6.07, 6.45) is -0.650. The number of halogens is 10. The molecule has 1 unspecified atom stereocenters. The van der Waals surface area contributed by atoms with Gasteiger partial charge in [-0.2, -0.15) is 8.78 Å². The largest absolute Gasteiger partial charge is 0.490 e. The molecule has 1 aliphatic rings. The monoisotopic (exact) mass is 598 g/mol. The molecule has 0 amide bonds. The van der Waals surface area contributed by atoms with Crippen molar-refractivity contribution >= 4 is 0 Å². The van der Waals surface area contributed by atoms with Crippen molar-refractivity contribution in [3.63, 3.8) is 0 Å². The smallest absolute Gasteiger partial charge is 0.432 e. The van der Waals surface area contributed by atoms with E-state index in [0.717, 1.165) is 6.08 Å². The van der Waals surface area contributed by atoms with E-state index in [9.17, 15) is 43.9 Å². The number of hydrogen-bond donors (Lipinski definition) is 0. The molecule has 12 heteroatoms. The first-order valence-electron chi connectivity index (χ1n) is 11.8. The van der Waals surface area contributed by atoms with Crippen molar-refractivity contribution < 1.29 is 53.4 Å². The lowest BCUT2D eigenvalue weighted by molar-refractivity contribution is -0.189. The fourth-order valence-electron chi connectivity index (χ4n) is 3.90. The molecule has 0 radical (unpaired) electrons. The molecule has 3 aromatic carbocycles. The number of allylic oxidation sites excluding steroid dienone is 3. The minimum absolute atomic E-state index is 0.0252. The summed E-state index contributed by atoms with van der Waals surface area (Å²) in [5.74, 6) is -10.3. The molecule has 0 saturated heterocycles. The third kappa shape index (κ3) is 6.46. The molecule has 4 rings (SSSR count). The van der Waals surface area contributed by atoms with Crippen LogP contribution in [0.2, 0.25) is 0 Å². The molecule has 1 aliphatic carbocycles. The number of benzene rings is 3. The Kier molecular flexibility index (Phi) is 8.70. The second-order valence-corrected chi connectivity index (χ2v) is 8.74. The van der Waals surface area contributed by atoms with Crippen LogP contribution in [0.1, 0.15) is 17.5 Å². The maximum absolute atomic E-state index is 14.9. The maximum Gasteiger partial charge on any atom is 0.432 e. The Balaban J connectivity index is 1.59. The van der Waals surface area contributed by atoms with E-state index in [-0.39, 0.29) is 48.6 Å². The van der Waals surface area contributed by atoms with E-state index in [1.54, 1.807) is 6.08 Å². The Hall–Kier alpha value is -4.66. The summed E-state index contributed by atoms with van der Waals surface area (Å²) >= 11 is 0. The van der Waals surface area contributed by atoms with Gasteiger partial charge in [-0.3, -0.25) is 0 Å². The average Bonchev–Trinajstić information content (AvgIpc) is 2.88. The van der Waals surface area contributed by atoms with Crippen molar-refractivity contribution in [3.8, 4) is 28.7 Å². The highest BCUT2D eigenvalue weighted by atomic mass is 19.3. The van der Waals surface area contributed by atoms with Gasteiger partial charge in [0.05, 0.1) is 11.5 Å². The predicted octanol–water partition coefficient (Wildman–Crippen LogP) is 8.77. The second-order valence-electron chi connectivity index (χ2n) is 8.74. The third-order valence-electron chi connectivity index (χ3n) is 5.79. The minimum Gasteiger partial charge on any atom is -0.490 e. The van der Waals surface area contributed by atoms with Gasteiger partial charge in [-0.1, -0.05) is 24.5 Å². The van der Waals surface area contributed by atoms with Gasteiger partial charge in [-0.05, 0) is 42.3 Å². The molecule has 0 saturated carbocycles. The lowest BCUT2D eigenvalue weighted by Crippen LogP contribution is -2.25. The molecule has 42 heavy (non-hydrogen) atoms. The van der Waals surface area contributed by atoms with Crippen molar-refractivity contribution in [1.29, 1.82) is 0 Å². The summed E-state index contributed by atoms with van der Waals surface area (Å²) < 4.78 is 152. The molecule has 0 spiro atoms. The number of rotatable bonds is 7. The summed E-state index contributed by atoms with van der Waals surface area (Å²) in [4.78, 5) is 0. The van der Waals surface area contributed by atoms with E-state index in [1.165, 1.54) is 6.08 Å². The van der Waals surface area contributed by atoms with Gasteiger partial charge in [0.25, 0.3) is 0 Å². The Morgan fingerprint density at radius 1 is 0.833 bits per heavy atom. The van der Waals surface area contributed by atoms with Crippen LogP contribution in [0.4, 0.5) is 43.9 Å². The summed E-state index contributed by atoms with van der Waals surface area (Å²) in [5, 5.41) is 0. The Morgan fingerprint density at radius 3 is 1.98 bits per heavy atom. The van der Waals surface area contributed by atoms with E-state index in [2.05, 4.69) is 23.2 Å². The molecular formula is C30H16F10O2. The molecule has 218 valence electrons. The Labute approximate surface area is 232 Å². The van der Waals surface area contributed by atoms with Crippen LogP contribution in [0.5, 0.6) is 5.75 Å². The van der Waals surface area contributed by atoms with Gasteiger partial charge in [-0.15, -0.1) is 0 Å². The van der Waals surface area contributed by atoms with Crippen LogP contribution in [0.15, 0.2) is 72.8 Å². The lowest BCUT2D eigenvalue weighted by atomic mass is 9.97. The van der Waals surface area contributed by atoms with Gasteiger partial charge in [-0.25, -0.2) is 35.1 Å². The van der Waals surface area contributed by atoms with Gasteiger partial charge >= 0.3 is 6.11 Å². The van der Waals surface area contributed by atoms with Crippen molar-refractivity contribution in [2.75, 3.05) is 6.61 Å². The van der Waals surface area contributed by atoms with Crippen molar-refractivity contribution in [3.05, 3.63) is 125 Å². The van der Waals surface area contributed by atoms with Crippen LogP contribution in [0.25, 0.3) is 11.1 Å². The summed E-state index contributed by atoms with van der Waals surface area (Å²) in [7, 11) is 0. The van der Waals surface area contributed by atoms with Crippen LogP contribution in [0.3, 0.4) is 0 Å². The summed E-state index contributed by atoms with van der Waals surface area (Å²) in [5.41, 5.74) is -4.12. The van der Waals surface area contributed by atoms with Crippen molar-refractivity contribution in [1.82, 2.24) is 0 Å². The van der Waals surface area contributed by atoms with Crippen LogP contribution < -0.4 is 4.74 Å². The van der Waals surface area contributed by atoms with Crippen LogP contribution in [-0.2, 0) is 10.8 Å². The zero-order chi connectivity index (χ0) is 30.8. The molecule has 0 fully saturated rings. The third-order valence-corrected chi connectivity index (χ3v) is 5.79. The SMILES string of the molecule is C=CCOC1=CCC(C#Cc2cc(F)c(-c3cc(F)c(C(F)(F)Oc4cc(F)c(F)c(F)c4)c(F)c3)c(F)c2)C(F)=C1. The lowest BCUT2D eigenvalue weighted by Gasteiger charge is -2.20. The van der Waals surface area contributed by atoms with Crippen LogP contribution in [0, 0.1) is 58.5 Å². The van der Waals surface area contributed by atoms with Crippen LogP contribution in [-0.4, -0.2) is 6.61 Å². The Bertz CT molecular complexity index is 1610. The average molecular weight is 598 g/mol. The molecule has 0 N–H and O–H groups in total. The van der Waals surface area contributed by atoms with Gasteiger partial charge < -0.3 is 9.47 Å². The molecule has 1 atom stereocenters. The molecule has 2 nitrogen and oxygen atoms in total. The van der Waals surface area contributed by atoms with Gasteiger partial charge in [0.2, 0.25) is 0 Å². The zero-order valence-corrected chi connectivity index (χ0v) is 21.0. The highest BCUT2D eigenvalue weighted by Gasteiger charge is 2.42. The first-order valence-corrected chi connectivity index (χ1v) is 11.8. The highest BCUT2D eigenvalue weighted by Crippen LogP contribution is 2.38. The van der Waals surface area contributed by atoms with E-state index < -0.39 is 81.0 Å². The second kappa shape index (κ2) is 12.1. The number of ether oxygens (including phenoxy) is 2. The molecule has 0 aromatic heterocycles. The highest BCUT2D eigenvalue weighted by molar-refractivity contribution is 5.67. The first kappa shape index (κ1) is 30.3. The van der Waals surface area contributed by atoms with Gasteiger partial charge in [0, 0.05) is 23.8 Å². The molecule has 0 aliphatic heterocycles. The normalized spacial score (nSPS) is 14.9. The van der Waals surface area contributed by atoms with Crippen LogP contribution >= 0.6 is 0 Å².